The first-order valence-electron chi connectivity index (χ1n) is 8.03. The Bertz CT molecular complexity index is 1070. The summed E-state index contributed by atoms with van der Waals surface area (Å²) in [7, 11) is 1.90. The van der Waals surface area contributed by atoms with Gasteiger partial charge in [-0.3, -0.25) is 4.79 Å². The van der Waals surface area contributed by atoms with Gasteiger partial charge < -0.3 is 9.88 Å². The summed E-state index contributed by atoms with van der Waals surface area (Å²) in [4.78, 5) is 18.8. The van der Waals surface area contributed by atoms with Crippen molar-refractivity contribution in [3.8, 4) is 10.6 Å². The zero-order valence-corrected chi connectivity index (χ0v) is 17.0. The van der Waals surface area contributed by atoms with Crippen molar-refractivity contribution in [2.75, 3.05) is 5.32 Å². The smallest absolute Gasteiger partial charge is 0.267 e. The van der Waals surface area contributed by atoms with Gasteiger partial charge in [0, 0.05) is 28.6 Å². The molecule has 0 atom stereocenters. The van der Waals surface area contributed by atoms with E-state index in [1.54, 1.807) is 17.7 Å². The van der Waals surface area contributed by atoms with Crippen LogP contribution in [0.4, 0.5) is 5.69 Å². The van der Waals surface area contributed by atoms with Gasteiger partial charge in [0.05, 0.1) is 5.69 Å². The lowest BCUT2D eigenvalue weighted by atomic mass is 10.3. The standard InChI is InChI=1S/C18H15N5OS3/c1-11-15(27-17(20-11)12-7-8-25-9-12)16(24)21-13-3-5-14(6-4-13)26-18-22-19-10-23(18)2/h3-10H,1-2H3,(H,21,24). The number of nitrogens with zero attached hydrogens (tertiary/aromatic N) is 4. The third kappa shape index (κ3) is 3.95. The van der Waals surface area contributed by atoms with Crippen LogP contribution in [0.15, 0.2) is 57.5 Å². The Morgan fingerprint density at radius 2 is 2.04 bits per heavy atom. The van der Waals surface area contributed by atoms with E-state index in [0.717, 1.165) is 32.0 Å². The quantitative estimate of drug-likeness (QED) is 0.513. The number of hydrogen-bond acceptors (Lipinski definition) is 7. The molecular formula is C18H15N5OS3. The summed E-state index contributed by atoms with van der Waals surface area (Å²) in [6, 6.07) is 9.67. The molecule has 0 radical (unpaired) electrons. The van der Waals surface area contributed by atoms with E-state index in [2.05, 4.69) is 20.5 Å². The molecule has 0 bridgehead atoms. The molecule has 136 valence electrons. The highest BCUT2D eigenvalue weighted by Crippen LogP contribution is 2.30. The van der Waals surface area contributed by atoms with Crippen LogP contribution in [0.2, 0.25) is 0 Å². The van der Waals surface area contributed by atoms with Gasteiger partial charge in [-0.1, -0.05) is 0 Å². The van der Waals surface area contributed by atoms with Gasteiger partial charge in [-0.25, -0.2) is 4.98 Å². The summed E-state index contributed by atoms with van der Waals surface area (Å²) < 4.78 is 1.86. The molecule has 3 heterocycles. The monoisotopic (exact) mass is 413 g/mol. The van der Waals surface area contributed by atoms with Gasteiger partial charge in [0.25, 0.3) is 5.91 Å². The van der Waals surface area contributed by atoms with Crippen LogP contribution in [-0.2, 0) is 7.05 Å². The third-order valence-electron chi connectivity index (χ3n) is 3.76. The Balaban J connectivity index is 1.46. The van der Waals surface area contributed by atoms with Crippen molar-refractivity contribution in [3.05, 3.63) is 58.0 Å². The Hall–Kier alpha value is -2.49. The van der Waals surface area contributed by atoms with Crippen molar-refractivity contribution in [2.45, 2.75) is 17.0 Å². The van der Waals surface area contributed by atoms with Gasteiger partial charge in [-0.15, -0.1) is 21.5 Å². The van der Waals surface area contributed by atoms with E-state index >= 15 is 0 Å². The number of aryl methyl sites for hydroxylation is 2. The number of thiazole rings is 1. The number of anilines is 1. The Kier molecular flexibility index (Phi) is 5.06. The maximum atomic E-state index is 12.6. The van der Waals surface area contributed by atoms with E-state index in [1.807, 2.05) is 59.6 Å². The topological polar surface area (TPSA) is 72.7 Å². The van der Waals surface area contributed by atoms with Gasteiger partial charge in [0.1, 0.15) is 16.2 Å². The molecule has 0 saturated heterocycles. The maximum Gasteiger partial charge on any atom is 0.267 e. The Morgan fingerprint density at radius 1 is 1.22 bits per heavy atom. The fraction of sp³-hybridized carbons (Fsp3) is 0.111. The number of nitrogens with one attached hydrogen (secondary N) is 1. The SMILES string of the molecule is Cc1nc(-c2ccsc2)sc1C(=O)Nc1ccc(Sc2nncn2C)cc1. The molecule has 0 aliphatic carbocycles. The van der Waals surface area contributed by atoms with Crippen LogP contribution in [0, 0.1) is 6.92 Å². The predicted molar refractivity (Wildman–Crippen MR) is 110 cm³/mol. The molecule has 6 nitrogen and oxygen atoms in total. The number of aromatic nitrogens is 4. The largest absolute Gasteiger partial charge is 0.321 e. The molecule has 0 aliphatic rings. The number of amides is 1. The number of thiophene rings is 1. The van der Waals surface area contributed by atoms with Crippen LogP contribution in [0.3, 0.4) is 0 Å². The second-order valence-electron chi connectivity index (χ2n) is 5.75. The summed E-state index contributed by atoms with van der Waals surface area (Å²) in [6.07, 6.45) is 1.67. The minimum absolute atomic E-state index is 0.139. The molecule has 9 heteroatoms. The van der Waals surface area contributed by atoms with Crippen molar-refractivity contribution in [3.63, 3.8) is 0 Å². The molecule has 0 unspecified atom stereocenters. The van der Waals surface area contributed by atoms with Crippen LogP contribution in [0.1, 0.15) is 15.4 Å². The second-order valence-corrected chi connectivity index (χ2v) is 8.57. The summed E-state index contributed by atoms with van der Waals surface area (Å²) in [5.41, 5.74) is 2.54. The molecule has 0 fully saturated rings. The highest BCUT2D eigenvalue weighted by atomic mass is 32.2. The van der Waals surface area contributed by atoms with Crippen molar-refractivity contribution >= 4 is 46.0 Å². The van der Waals surface area contributed by atoms with Crippen LogP contribution in [-0.4, -0.2) is 25.7 Å². The van der Waals surface area contributed by atoms with Crippen molar-refractivity contribution in [2.24, 2.45) is 7.05 Å². The lowest BCUT2D eigenvalue weighted by Gasteiger charge is -2.05. The maximum absolute atomic E-state index is 12.6. The normalized spacial score (nSPS) is 10.9. The molecule has 0 spiro atoms. The highest BCUT2D eigenvalue weighted by molar-refractivity contribution is 7.99. The molecule has 3 aromatic heterocycles. The van der Waals surface area contributed by atoms with E-state index < -0.39 is 0 Å². The van der Waals surface area contributed by atoms with Crippen molar-refractivity contribution in [1.29, 1.82) is 0 Å². The fourth-order valence-electron chi connectivity index (χ4n) is 2.38. The molecule has 0 saturated carbocycles. The minimum atomic E-state index is -0.139. The molecule has 1 amide bonds. The molecule has 1 aromatic carbocycles. The van der Waals surface area contributed by atoms with Gasteiger partial charge in [-0.05, 0) is 54.4 Å². The summed E-state index contributed by atoms with van der Waals surface area (Å²) in [6.45, 7) is 1.86. The zero-order valence-electron chi connectivity index (χ0n) is 14.5. The predicted octanol–water partition coefficient (Wildman–Crippen LogP) is 4.71. The lowest BCUT2D eigenvalue weighted by Crippen LogP contribution is -2.11. The zero-order chi connectivity index (χ0) is 18.8. The van der Waals surface area contributed by atoms with E-state index in [0.29, 0.717) is 4.88 Å². The van der Waals surface area contributed by atoms with E-state index in [4.69, 9.17) is 0 Å². The van der Waals surface area contributed by atoms with Gasteiger partial charge >= 0.3 is 0 Å². The summed E-state index contributed by atoms with van der Waals surface area (Å²) in [5, 5.41) is 16.6. The number of rotatable bonds is 5. The summed E-state index contributed by atoms with van der Waals surface area (Å²) >= 11 is 4.55. The van der Waals surface area contributed by atoms with E-state index in [9.17, 15) is 4.79 Å². The molecule has 1 N–H and O–H groups in total. The Labute approximate surface area is 168 Å². The number of benzene rings is 1. The third-order valence-corrected chi connectivity index (χ3v) is 6.71. The molecule has 4 aromatic rings. The van der Waals surface area contributed by atoms with Crippen molar-refractivity contribution < 1.29 is 4.79 Å². The first-order valence-corrected chi connectivity index (χ1v) is 10.6. The fourth-order valence-corrected chi connectivity index (χ4v) is 4.82. The van der Waals surface area contributed by atoms with Crippen LogP contribution in [0.25, 0.3) is 10.6 Å². The second kappa shape index (κ2) is 7.63. The van der Waals surface area contributed by atoms with Crippen LogP contribution < -0.4 is 5.32 Å². The van der Waals surface area contributed by atoms with Crippen LogP contribution in [0.5, 0.6) is 0 Å². The van der Waals surface area contributed by atoms with E-state index in [1.165, 1.54) is 23.1 Å². The van der Waals surface area contributed by atoms with Crippen molar-refractivity contribution in [1.82, 2.24) is 19.7 Å². The van der Waals surface area contributed by atoms with Gasteiger partial charge in [0.15, 0.2) is 5.16 Å². The summed E-state index contributed by atoms with van der Waals surface area (Å²) in [5.74, 6) is -0.139. The Morgan fingerprint density at radius 3 is 2.70 bits per heavy atom. The molecule has 27 heavy (non-hydrogen) atoms. The first kappa shape index (κ1) is 17.9. The number of hydrogen-bond donors (Lipinski definition) is 1. The van der Waals surface area contributed by atoms with E-state index in [-0.39, 0.29) is 5.91 Å². The first-order chi connectivity index (χ1) is 13.1. The highest BCUT2D eigenvalue weighted by Gasteiger charge is 2.16. The minimum Gasteiger partial charge on any atom is -0.321 e. The van der Waals surface area contributed by atoms with Gasteiger partial charge in [-0.2, -0.15) is 11.3 Å². The van der Waals surface area contributed by atoms with Crippen LogP contribution >= 0.6 is 34.4 Å². The molecule has 4 rings (SSSR count). The lowest BCUT2D eigenvalue weighted by molar-refractivity contribution is 0.103. The average molecular weight is 414 g/mol. The number of carbonyl (C=O) groups excluding carboxylic acids is 1. The van der Waals surface area contributed by atoms with Gasteiger partial charge in [0.2, 0.25) is 0 Å². The molecular weight excluding hydrogens is 398 g/mol. The molecule has 0 aliphatic heterocycles. The average Bonchev–Trinajstić information content (AvgIpc) is 3.39. The number of carbonyl (C=O) groups is 1.